The Morgan fingerprint density at radius 1 is 0.920 bits per heavy atom. The van der Waals surface area contributed by atoms with Crippen LogP contribution < -0.4 is 9.80 Å². The monoisotopic (exact) mass is 339 g/mol. The van der Waals surface area contributed by atoms with Gasteiger partial charge in [-0.15, -0.1) is 0 Å². The number of rotatable bonds is 6. The van der Waals surface area contributed by atoms with Crippen LogP contribution in [0.15, 0.2) is 36.4 Å². The number of benzene rings is 1. The Bertz CT molecular complexity index is 661. The van der Waals surface area contributed by atoms with Crippen molar-refractivity contribution in [3.8, 4) is 11.4 Å². The number of piperazine rings is 1. The molecule has 25 heavy (non-hydrogen) atoms. The van der Waals surface area contributed by atoms with Crippen LogP contribution in [0.4, 0.5) is 11.6 Å². The van der Waals surface area contributed by atoms with Gasteiger partial charge in [-0.25, -0.2) is 9.97 Å². The maximum Gasteiger partial charge on any atom is 0.163 e. The van der Waals surface area contributed by atoms with E-state index in [0.29, 0.717) is 0 Å². The van der Waals surface area contributed by atoms with Gasteiger partial charge in [0.05, 0.1) is 0 Å². The summed E-state index contributed by atoms with van der Waals surface area (Å²) in [6.45, 7) is 13.8. The third kappa shape index (κ3) is 4.10. The summed E-state index contributed by atoms with van der Waals surface area (Å²) in [5.41, 5.74) is 1.07. The van der Waals surface area contributed by atoms with Crippen LogP contribution in [0, 0.1) is 0 Å². The fourth-order valence-corrected chi connectivity index (χ4v) is 3.30. The highest BCUT2D eigenvalue weighted by molar-refractivity contribution is 5.62. The van der Waals surface area contributed by atoms with Crippen LogP contribution in [0.5, 0.6) is 0 Å². The van der Waals surface area contributed by atoms with Gasteiger partial charge in [0, 0.05) is 50.9 Å². The lowest BCUT2D eigenvalue weighted by molar-refractivity contribution is 0.270. The standard InChI is InChI=1S/C20H29N5/c1-4-23-12-14-25(15-13-23)19-16-18(24(5-2)6-3)21-20(22-19)17-10-8-7-9-11-17/h7-11,16H,4-6,12-15H2,1-3H3. The first-order chi connectivity index (χ1) is 12.2. The van der Waals surface area contributed by atoms with Crippen LogP contribution in [0.3, 0.4) is 0 Å². The molecule has 2 heterocycles. The Balaban J connectivity index is 1.95. The molecule has 0 amide bonds. The largest absolute Gasteiger partial charge is 0.357 e. The van der Waals surface area contributed by atoms with Crippen molar-refractivity contribution in [2.24, 2.45) is 0 Å². The van der Waals surface area contributed by atoms with E-state index in [1.165, 1.54) is 0 Å². The van der Waals surface area contributed by atoms with E-state index < -0.39 is 0 Å². The molecule has 2 aromatic rings. The van der Waals surface area contributed by atoms with Crippen LogP contribution in [0.25, 0.3) is 11.4 Å². The second-order valence-corrected chi connectivity index (χ2v) is 6.37. The first-order valence-corrected chi connectivity index (χ1v) is 9.41. The SMILES string of the molecule is CCN1CCN(c2cc(N(CC)CC)nc(-c3ccccc3)n2)CC1. The number of hydrogen-bond acceptors (Lipinski definition) is 5. The molecule has 0 atom stereocenters. The van der Waals surface area contributed by atoms with E-state index in [4.69, 9.17) is 9.97 Å². The molecule has 5 heteroatoms. The van der Waals surface area contributed by atoms with Crippen LogP contribution in [0.2, 0.25) is 0 Å². The summed E-state index contributed by atoms with van der Waals surface area (Å²) in [5.74, 6) is 2.89. The minimum absolute atomic E-state index is 0.818. The third-order valence-corrected chi connectivity index (χ3v) is 4.96. The summed E-state index contributed by atoms with van der Waals surface area (Å²) in [5, 5.41) is 0. The van der Waals surface area contributed by atoms with Crippen molar-refractivity contribution in [2.75, 3.05) is 55.6 Å². The van der Waals surface area contributed by atoms with Gasteiger partial charge in [-0.1, -0.05) is 37.3 Å². The van der Waals surface area contributed by atoms with Gasteiger partial charge in [0.1, 0.15) is 11.6 Å². The molecule has 0 aliphatic carbocycles. The van der Waals surface area contributed by atoms with Crippen molar-refractivity contribution >= 4 is 11.6 Å². The van der Waals surface area contributed by atoms with E-state index in [0.717, 1.165) is 68.8 Å². The normalized spacial score (nSPS) is 15.4. The second kappa shape index (κ2) is 8.30. The van der Waals surface area contributed by atoms with Gasteiger partial charge >= 0.3 is 0 Å². The molecule has 1 fully saturated rings. The predicted octanol–water partition coefficient (Wildman–Crippen LogP) is 3.13. The van der Waals surface area contributed by atoms with Gasteiger partial charge in [0.2, 0.25) is 0 Å². The molecule has 0 radical (unpaired) electrons. The highest BCUT2D eigenvalue weighted by Gasteiger charge is 2.19. The van der Waals surface area contributed by atoms with Gasteiger partial charge in [-0.3, -0.25) is 0 Å². The van der Waals surface area contributed by atoms with E-state index >= 15 is 0 Å². The van der Waals surface area contributed by atoms with E-state index in [1.54, 1.807) is 0 Å². The fraction of sp³-hybridized carbons (Fsp3) is 0.500. The zero-order valence-corrected chi connectivity index (χ0v) is 15.6. The highest BCUT2D eigenvalue weighted by atomic mass is 15.3. The molecule has 0 spiro atoms. The molecule has 0 N–H and O–H groups in total. The fourth-order valence-electron chi connectivity index (χ4n) is 3.30. The molecule has 3 rings (SSSR count). The molecular formula is C20H29N5. The smallest absolute Gasteiger partial charge is 0.163 e. The Hall–Kier alpha value is -2.14. The molecule has 0 unspecified atom stereocenters. The van der Waals surface area contributed by atoms with Crippen LogP contribution in [-0.2, 0) is 0 Å². The molecular weight excluding hydrogens is 310 g/mol. The van der Waals surface area contributed by atoms with Crippen molar-refractivity contribution in [3.63, 3.8) is 0 Å². The Labute approximate surface area is 151 Å². The first kappa shape index (κ1) is 17.7. The van der Waals surface area contributed by atoms with E-state index in [9.17, 15) is 0 Å². The number of nitrogens with zero attached hydrogens (tertiary/aromatic N) is 5. The summed E-state index contributed by atoms with van der Waals surface area (Å²) in [6.07, 6.45) is 0. The molecule has 1 saturated heterocycles. The molecule has 1 aliphatic rings. The number of likely N-dealkylation sites (N-methyl/N-ethyl adjacent to an activating group) is 1. The summed E-state index contributed by atoms with van der Waals surface area (Å²) in [6, 6.07) is 12.4. The number of hydrogen-bond donors (Lipinski definition) is 0. The zero-order valence-electron chi connectivity index (χ0n) is 15.6. The predicted molar refractivity (Wildman–Crippen MR) is 105 cm³/mol. The molecule has 1 aliphatic heterocycles. The number of anilines is 2. The average molecular weight is 339 g/mol. The second-order valence-electron chi connectivity index (χ2n) is 6.37. The lowest BCUT2D eigenvalue weighted by atomic mass is 10.2. The summed E-state index contributed by atoms with van der Waals surface area (Å²) in [4.78, 5) is 16.9. The molecule has 5 nitrogen and oxygen atoms in total. The van der Waals surface area contributed by atoms with Crippen molar-refractivity contribution in [1.82, 2.24) is 14.9 Å². The molecule has 134 valence electrons. The van der Waals surface area contributed by atoms with Crippen molar-refractivity contribution < 1.29 is 0 Å². The average Bonchev–Trinajstić information content (AvgIpc) is 2.69. The van der Waals surface area contributed by atoms with Gasteiger partial charge in [-0.2, -0.15) is 0 Å². The van der Waals surface area contributed by atoms with Crippen LogP contribution >= 0.6 is 0 Å². The van der Waals surface area contributed by atoms with E-state index in [-0.39, 0.29) is 0 Å². The Kier molecular flexibility index (Phi) is 5.87. The van der Waals surface area contributed by atoms with Crippen LogP contribution in [-0.4, -0.2) is 60.7 Å². The van der Waals surface area contributed by atoms with Crippen molar-refractivity contribution in [1.29, 1.82) is 0 Å². The minimum atomic E-state index is 0.818. The maximum absolute atomic E-state index is 4.90. The molecule has 0 bridgehead atoms. The van der Waals surface area contributed by atoms with Crippen LogP contribution in [0.1, 0.15) is 20.8 Å². The molecule has 0 saturated carbocycles. The highest BCUT2D eigenvalue weighted by Crippen LogP contribution is 2.25. The van der Waals surface area contributed by atoms with Gasteiger partial charge in [0.25, 0.3) is 0 Å². The zero-order chi connectivity index (χ0) is 17.6. The molecule has 1 aromatic heterocycles. The van der Waals surface area contributed by atoms with Crippen molar-refractivity contribution in [2.45, 2.75) is 20.8 Å². The number of aromatic nitrogens is 2. The van der Waals surface area contributed by atoms with Gasteiger partial charge < -0.3 is 14.7 Å². The van der Waals surface area contributed by atoms with Gasteiger partial charge in [-0.05, 0) is 20.4 Å². The van der Waals surface area contributed by atoms with E-state index in [2.05, 4.69) is 53.7 Å². The summed E-state index contributed by atoms with van der Waals surface area (Å²) in [7, 11) is 0. The minimum Gasteiger partial charge on any atom is -0.357 e. The Morgan fingerprint density at radius 2 is 1.60 bits per heavy atom. The summed E-state index contributed by atoms with van der Waals surface area (Å²) < 4.78 is 0. The Morgan fingerprint density at radius 3 is 2.20 bits per heavy atom. The van der Waals surface area contributed by atoms with Gasteiger partial charge in [0.15, 0.2) is 5.82 Å². The summed E-state index contributed by atoms with van der Waals surface area (Å²) >= 11 is 0. The quantitative estimate of drug-likeness (QED) is 0.808. The lowest BCUT2D eigenvalue weighted by Gasteiger charge is -2.35. The van der Waals surface area contributed by atoms with Crippen molar-refractivity contribution in [3.05, 3.63) is 36.4 Å². The maximum atomic E-state index is 4.90. The topological polar surface area (TPSA) is 35.5 Å². The first-order valence-electron chi connectivity index (χ1n) is 9.41. The van der Waals surface area contributed by atoms with E-state index in [1.807, 2.05) is 18.2 Å². The third-order valence-electron chi connectivity index (χ3n) is 4.96. The molecule has 1 aromatic carbocycles. The lowest BCUT2D eigenvalue weighted by Crippen LogP contribution is -2.46.